The van der Waals surface area contributed by atoms with Crippen molar-refractivity contribution < 1.29 is 4.74 Å². The predicted octanol–water partition coefficient (Wildman–Crippen LogP) is 4.72. The van der Waals surface area contributed by atoms with E-state index in [1.807, 2.05) is 44.1 Å². The van der Waals surface area contributed by atoms with Crippen molar-refractivity contribution in [3.63, 3.8) is 0 Å². The number of thioether (sulfide) groups is 1. The number of hydrazone groups is 1. The molecule has 2 N–H and O–H groups in total. The summed E-state index contributed by atoms with van der Waals surface area (Å²) in [5, 5.41) is 17.4. The zero-order chi connectivity index (χ0) is 20.5. The average molecular weight is 407 g/mol. The van der Waals surface area contributed by atoms with Crippen molar-refractivity contribution in [3.8, 4) is 11.8 Å². The van der Waals surface area contributed by atoms with Gasteiger partial charge in [-0.2, -0.15) is 10.4 Å². The SMILES string of the molecule is CC(C)Oc1ccc(C2SC(c3cccc4c3CCC[C@H]4N)=NN2C)cc1C#N. The average Bonchev–Trinajstić information content (AvgIpc) is 3.09. The van der Waals surface area contributed by atoms with Gasteiger partial charge < -0.3 is 10.5 Å². The third-order valence-electron chi connectivity index (χ3n) is 5.37. The largest absolute Gasteiger partial charge is 0.490 e. The van der Waals surface area contributed by atoms with Gasteiger partial charge in [-0.15, -0.1) is 0 Å². The molecule has 0 aromatic heterocycles. The van der Waals surface area contributed by atoms with E-state index in [1.54, 1.807) is 11.8 Å². The molecule has 150 valence electrons. The molecule has 1 heterocycles. The summed E-state index contributed by atoms with van der Waals surface area (Å²) in [5.41, 5.74) is 11.7. The number of nitriles is 1. The van der Waals surface area contributed by atoms with Crippen molar-refractivity contribution in [1.82, 2.24) is 5.01 Å². The molecule has 0 spiro atoms. The molecule has 0 saturated carbocycles. The van der Waals surface area contributed by atoms with Gasteiger partial charge in [-0.05, 0) is 61.9 Å². The molecule has 0 radical (unpaired) electrons. The third-order valence-corrected chi connectivity index (χ3v) is 6.69. The highest BCUT2D eigenvalue weighted by Crippen LogP contribution is 2.43. The molecule has 2 atom stereocenters. The number of hydrogen-bond donors (Lipinski definition) is 1. The van der Waals surface area contributed by atoms with Crippen molar-refractivity contribution in [2.24, 2.45) is 10.8 Å². The van der Waals surface area contributed by atoms with Crippen molar-refractivity contribution >= 4 is 16.8 Å². The fourth-order valence-corrected chi connectivity index (χ4v) is 5.22. The van der Waals surface area contributed by atoms with E-state index in [1.165, 1.54) is 16.7 Å². The molecule has 1 unspecified atom stereocenters. The number of hydrogen-bond acceptors (Lipinski definition) is 6. The van der Waals surface area contributed by atoms with E-state index in [0.717, 1.165) is 29.9 Å². The zero-order valence-electron chi connectivity index (χ0n) is 17.1. The molecule has 6 heteroatoms. The number of rotatable bonds is 4. The van der Waals surface area contributed by atoms with Crippen LogP contribution in [0, 0.1) is 11.3 Å². The number of nitrogens with zero attached hydrogens (tertiary/aromatic N) is 3. The standard InChI is InChI=1S/C23H26N4OS/c1-14(2)28-21-11-10-15(12-16(21)13-24)23-27(3)26-22(29-23)19-8-4-7-18-17(19)6-5-9-20(18)25/h4,7-8,10-12,14,20,23H,5-6,9,25H2,1-3H3/t20-,23?/m1/s1. The van der Waals surface area contributed by atoms with Crippen LogP contribution in [-0.4, -0.2) is 23.2 Å². The lowest BCUT2D eigenvalue weighted by molar-refractivity contribution is 0.241. The molecule has 0 bridgehead atoms. The smallest absolute Gasteiger partial charge is 0.137 e. The Balaban J connectivity index is 1.62. The summed E-state index contributed by atoms with van der Waals surface area (Å²) in [6.45, 7) is 3.92. The van der Waals surface area contributed by atoms with Crippen LogP contribution in [0.15, 0.2) is 41.5 Å². The summed E-state index contributed by atoms with van der Waals surface area (Å²) in [6.07, 6.45) is 3.24. The Labute approximate surface area is 176 Å². The first-order valence-electron chi connectivity index (χ1n) is 10.0. The summed E-state index contributed by atoms with van der Waals surface area (Å²) in [7, 11) is 1.98. The maximum Gasteiger partial charge on any atom is 0.137 e. The Morgan fingerprint density at radius 2 is 2.14 bits per heavy atom. The van der Waals surface area contributed by atoms with Gasteiger partial charge in [0.1, 0.15) is 22.2 Å². The lowest BCUT2D eigenvalue weighted by Crippen LogP contribution is -2.19. The van der Waals surface area contributed by atoms with E-state index in [4.69, 9.17) is 15.6 Å². The van der Waals surface area contributed by atoms with Gasteiger partial charge in [0.2, 0.25) is 0 Å². The molecule has 0 amide bonds. The van der Waals surface area contributed by atoms with Crippen LogP contribution in [-0.2, 0) is 6.42 Å². The first-order valence-corrected chi connectivity index (χ1v) is 10.9. The van der Waals surface area contributed by atoms with E-state index in [2.05, 4.69) is 24.3 Å². The molecule has 0 saturated heterocycles. The Bertz CT molecular complexity index is 995. The topological polar surface area (TPSA) is 74.6 Å². The highest BCUT2D eigenvalue weighted by molar-refractivity contribution is 8.14. The van der Waals surface area contributed by atoms with Crippen LogP contribution in [0.1, 0.15) is 65.9 Å². The van der Waals surface area contributed by atoms with Crippen molar-refractivity contribution in [1.29, 1.82) is 5.26 Å². The van der Waals surface area contributed by atoms with Gasteiger partial charge in [0.15, 0.2) is 0 Å². The minimum atomic E-state index is 0.0262. The normalized spacial score (nSPS) is 21.0. The molecule has 1 aliphatic heterocycles. The Morgan fingerprint density at radius 3 is 2.90 bits per heavy atom. The van der Waals surface area contributed by atoms with E-state index in [-0.39, 0.29) is 17.5 Å². The van der Waals surface area contributed by atoms with Crippen LogP contribution >= 0.6 is 11.8 Å². The maximum absolute atomic E-state index is 9.56. The number of nitrogens with two attached hydrogens (primary N) is 1. The summed E-state index contributed by atoms with van der Waals surface area (Å²) in [5.74, 6) is 0.629. The van der Waals surface area contributed by atoms with Crippen LogP contribution in [0.4, 0.5) is 0 Å². The van der Waals surface area contributed by atoms with Crippen LogP contribution < -0.4 is 10.5 Å². The fourth-order valence-electron chi connectivity index (χ4n) is 4.03. The number of fused-ring (bicyclic) bond motifs is 1. The Morgan fingerprint density at radius 1 is 1.31 bits per heavy atom. The van der Waals surface area contributed by atoms with E-state index in [0.29, 0.717) is 11.3 Å². The van der Waals surface area contributed by atoms with Crippen LogP contribution in [0.25, 0.3) is 0 Å². The van der Waals surface area contributed by atoms with Crippen molar-refractivity contribution in [2.45, 2.75) is 50.6 Å². The fraction of sp³-hybridized carbons (Fsp3) is 0.391. The van der Waals surface area contributed by atoms with Crippen LogP contribution in [0.5, 0.6) is 5.75 Å². The highest BCUT2D eigenvalue weighted by Gasteiger charge is 2.30. The minimum Gasteiger partial charge on any atom is -0.490 e. The second kappa shape index (κ2) is 8.10. The van der Waals surface area contributed by atoms with Gasteiger partial charge in [0.05, 0.1) is 11.7 Å². The monoisotopic (exact) mass is 406 g/mol. The molecule has 0 fully saturated rings. The number of ether oxygens (including phenoxy) is 1. The van der Waals surface area contributed by atoms with Gasteiger partial charge in [-0.25, -0.2) is 0 Å². The van der Waals surface area contributed by atoms with Gasteiger partial charge in [0, 0.05) is 18.7 Å². The summed E-state index contributed by atoms with van der Waals surface area (Å²) < 4.78 is 5.76. The maximum atomic E-state index is 9.56. The van der Waals surface area contributed by atoms with E-state index < -0.39 is 0 Å². The molecule has 2 aromatic carbocycles. The van der Waals surface area contributed by atoms with Gasteiger partial charge >= 0.3 is 0 Å². The highest BCUT2D eigenvalue weighted by atomic mass is 32.2. The first kappa shape index (κ1) is 19.8. The van der Waals surface area contributed by atoms with Crippen molar-refractivity contribution in [3.05, 3.63) is 64.2 Å². The molecular formula is C23H26N4OS. The van der Waals surface area contributed by atoms with E-state index in [9.17, 15) is 5.26 Å². The summed E-state index contributed by atoms with van der Waals surface area (Å²) >= 11 is 1.72. The van der Waals surface area contributed by atoms with Gasteiger partial charge in [-0.3, -0.25) is 5.01 Å². The Kier molecular flexibility index (Phi) is 5.53. The van der Waals surface area contributed by atoms with Crippen LogP contribution in [0.2, 0.25) is 0 Å². The zero-order valence-corrected chi connectivity index (χ0v) is 17.9. The number of benzene rings is 2. The predicted molar refractivity (Wildman–Crippen MR) is 118 cm³/mol. The minimum absolute atomic E-state index is 0.0262. The lowest BCUT2D eigenvalue weighted by atomic mass is 9.85. The molecule has 5 nitrogen and oxygen atoms in total. The molecule has 4 rings (SSSR count). The van der Waals surface area contributed by atoms with Gasteiger partial charge in [-0.1, -0.05) is 36.0 Å². The van der Waals surface area contributed by atoms with Crippen LogP contribution in [0.3, 0.4) is 0 Å². The molecule has 2 aromatic rings. The van der Waals surface area contributed by atoms with Gasteiger partial charge in [0.25, 0.3) is 0 Å². The molecular weight excluding hydrogens is 380 g/mol. The molecule has 2 aliphatic rings. The third kappa shape index (κ3) is 3.85. The first-order chi connectivity index (χ1) is 14.0. The second-order valence-electron chi connectivity index (χ2n) is 7.86. The second-order valence-corrected chi connectivity index (χ2v) is 8.92. The Hall–Kier alpha value is -2.49. The summed E-state index contributed by atoms with van der Waals surface area (Å²) in [6, 6.07) is 14.6. The quantitative estimate of drug-likeness (QED) is 0.795. The van der Waals surface area contributed by atoms with E-state index >= 15 is 0 Å². The lowest BCUT2D eigenvalue weighted by Gasteiger charge is -2.24. The molecule has 1 aliphatic carbocycles. The summed E-state index contributed by atoms with van der Waals surface area (Å²) in [4.78, 5) is 0. The van der Waals surface area contributed by atoms with Crippen molar-refractivity contribution in [2.75, 3.05) is 7.05 Å². The molecule has 29 heavy (non-hydrogen) atoms.